The van der Waals surface area contributed by atoms with Gasteiger partial charge in [0.25, 0.3) is 0 Å². The molecule has 4 nitrogen and oxygen atoms in total. The Kier molecular flexibility index (Phi) is 3.43. The van der Waals surface area contributed by atoms with Crippen molar-refractivity contribution in [1.82, 2.24) is 14.8 Å². The molecule has 0 bridgehead atoms. The Balaban J connectivity index is 2.26. The third-order valence-electron chi connectivity index (χ3n) is 3.15. The van der Waals surface area contributed by atoms with Crippen LogP contribution in [0.15, 0.2) is 24.4 Å². The molecule has 0 amide bonds. The molecular formula is C14H12ClFN4S. The maximum atomic E-state index is 13.3. The highest BCUT2D eigenvalue weighted by Crippen LogP contribution is 2.40. The number of hydrogen-bond acceptors (Lipinski definition) is 4. The molecule has 0 saturated heterocycles. The van der Waals surface area contributed by atoms with E-state index in [4.69, 9.17) is 17.3 Å². The zero-order chi connectivity index (χ0) is 15.1. The number of rotatable bonds is 2. The fourth-order valence-corrected chi connectivity index (χ4v) is 3.17. The molecule has 1 aromatic carbocycles. The Bertz CT molecular complexity index is 824. The van der Waals surface area contributed by atoms with Gasteiger partial charge in [-0.15, -0.1) is 11.3 Å². The predicted octanol–water partition coefficient (Wildman–Crippen LogP) is 3.89. The number of aryl methyl sites for hydroxylation is 2. The van der Waals surface area contributed by atoms with Crippen molar-refractivity contribution < 1.29 is 4.39 Å². The first kappa shape index (κ1) is 14.0. The zero-order valence-corrected chi connectivity index (χ0v) is 13.0. The van der Waals surface area contributed by atoms with E-state index in [1.165, 1.54) is 23.5 Å². The Morgan fingerprint density at radius 3 is 2.76 bits per heavy atom. The molecule has 0 unspecified atom stereocenters. The number of hydrogen-bond donors (Lipinski definition) is 1. The number of anilines is 1. The van der Waals surface area contributed by atoms with Crippen molar-refractivity contribution in [1.29, 1.82) is 0 Å². The van der Waals surface area contributed by atoms with E-state index in [0.29, 0.717) is 27.7 Å². The first-order valence-corrected chi connectivity index (χ1v) is 7.37. The van der Waals surface area contributed by atoms with Crippen LogP contribution < -0.4 is 5.73 Å². The summed E-state index contributed by atoms with van der Waals surface area (Å²) in [6.07, 6.45) is 1.75. The summed E-state index contributed by atoms with van der Waals surface area (Å²) < 4.78 is 14.8. The van der Waals surface area contributed by atoms with Gasteiger partial charge in [-0.25, -0.2) is 9.37 Å². The Labute approximate surface area is 130 Å². The van der Waals surface area contributed by atoms with E-state index in [0.717, 1.165) is 9.88 Å². The second-order valence-electron chi connectivity index (χ2n) is 4.60. The minimum absolute atomic E-state index is 0.303. The summed E-state index contributed by atoms with van der Waals surface area (Å²) in [5.74, 6) is 0.0888. The number of halogens is 2. The van der Waals surface area contributed by atoms with Crippen LogP contribution in [-0.2, 0) is 7.05 Å². The van der Waals surface area contributed by atoms with Crippen LogP contribution in [0.25, 0.3) is 21.7 Å². The van der Waals surface area contributed by atoms with E-state index in [2.05, 4.69) is 10.1 Å². The maximum absolute atomic E-state index is 13.3. The molecule has 0 spiro atoms. The average Bonchev–Trinajstić information content (AvgIpc) is 2.96. The predicted molar refractivity (Wildman–Crippen MR) is 83.9 cm³/mol. The summed E-state index contributed by atoms with van der Waals surface area (Å²) in [6.45, 7) is 1.92. The van der Waals surface area contributed by atoms with Gasteiger partial charge in [0.2, 0.25) is 0 Å². The summed E-state index contributed by atoms with van der Waals surface area (Å²) >= 11 is 7.69. The van der Waals surface area contributed by atoms with Crippen molar-refractivity contribution in [2.45, 2.75) is 6.92 Å². The molecule has 7 heteroatoms. The van der Waals surface area contributed by atoms with Crippen LogP contribution in [0.2, 0.25) is 5.02 Å². The molecule has 108 valence electrons. The summed E-state index contributed by atoms with van der Waals surface area (Å²) in [5.41, 5.74) is 8.18. The van der Waals surface area contributed by atoms with Crippen molar-refractivity contribution in [3.05, 3.63) is 40.2 Å². The monoisotopic (exact) mass is 322 g/mol. The van der Waals surface area contributed by atoms with Gasteiger partial charge in [0, 0.05) is 18.8 Å². The molecule has 2 N–H and O–H groups in total. The first-order valence-electron chi connectivity index (χ1n) is 6.18. The Morgan fingerprint density at radius 1 is 1.38 bits per heavy atom. The van der Waals surface area contributed by atoms with E-state index in [9.17, 15) is 4.39 Å². The number of benzene rings is 1. The summed E-state index contributed by atoms with van der Waals surface area (Å²) in [7, 11) is 1.76. The molecule has 0 atom stereocenters. The van der Waals surface area contributed by atoms with Crippen molar-refractivity contribution in [3.8, 4) is 21.7 Å². The van der Waals surface area contributed by atoms with Crippen LogP contribution in [0, 0.1) is 12.7 Å². The largest absolute Gasteiger partial charge is 0.383 e. The van der Waals surface area contributed by atoms with Crippen molar-refractivity contribution in [2.75, 3.05) is 5.73 Å². The molecule has 2 aromatic heterocycles. The van der Waals surface area contributed by atoms with Gasteiger partial charge < -0.3 is 5.73 Å². The van der Waals surface area contributed by atoms with Crippen LogP contribution in [-0.4, -0.2) is 14.8 Å². The van der Waals surface area contributed by atoms with Crippen LogP contribution in [0.1, 0.15) is 5.01 Å². The lowest BCUT2D eigenvalue weighted by Crippen LogP contribution is -1.98. The minimum Gasteiger partial charge on any atom is -0.383 e. The SMILES string of the molecule is Cc1ncc(-c2nn(C)c(N)c2-c2ccc(F)cc2Cl)s1. The quantitative estimate of drug-likeness (QED) is 0.778. The maximum Gasteiger partial charge on any atom is 0.130 e. The van der Waals surface area contributed by atoms with Gasteiger partial charge in [-0.2, -0.15) is 5.10 Å². The standard InChI is InChI=1S/C14H12ClFN4S/c1-7-18-6-11(21-7)13-12(14(17)20(2)19-13)9-4-3-8(16)5-10(9)15/h3-6H,17H2,1-2H3. The van der Waals surface area contributed by atoms with Crippen molar-refractivity contribution in [2.24, 2.45) is 7.05 Å². The van der Waals surface area contributed by atoms with E-state index in [1.54, 1.807) is 24.0 Å². The smallest absolute Gasteiger partial charge is 0.130 e. The topological polar surface area (TPSA) is 56.7 Å². The molecule has 0 aliphatic carbocycles. The number of nitrogen functional groups attached to an aromatic ring is 1. The Hall–Kier alpha value is -1.92. The zero-order valence-electron chi connectivity index (χ0n) is 11.4. The number of thiazole rings is 1. The number of nitrogens with two attached hydrogens (primary N) is 1. The number of nitrogens with zero attached hydrogens (tertiary/aromatic N) is 3. The highest BCUT2D eigenvalue weighted by Gasteiger charge is 2.21. The van der Waals surface area contributed by atoms with Gasteiger partial charge >= 0.3 is 0 Å². The van der Waals surface area contributed by atoms with Crippen LogP contribution in [0.4, 0.5) is 10.2 Å². The average molecular weight is 323 g/mol. The second kappa shape index (κ2) is 5.13. The van der Waals surface area contributed by atoms with Gasteiger partial charge in [-0.1, -0.05) is 11.6 Å². The van der Waals surface area contributed by atoms with E-state index < -0.39 is 0 Å². The minimum atomic E-state index is -0.388. The lowest BCUT2D eigenvalue weighted by atomic mass is 10.0. The molecule has 0 fully saturated rings. The van der Waals surface area contributed by atoms with E-state index in [-0.39, 0.29) is 5.82 Å². The van der Waals surface area contributed by atoms with Gasteiger partial charge in [0.15, 0.2) is 0 Å². The molecule has 0 radical (unpaired) electrons. The summed E-state index contributed by atoms with van der Waals surface area (Å²) in [5, 5.41) is 5.68. The normalized spacial score (nSPS) is 11.0. The Morgan fingerprint density at radius 2 is 2.14 bits per heavy atom. The van der Waals surface area contributed by atoms with Gasteiger partial charge in [0.05, 0.1) is 20.5 Å². The van der Waals surface area contributed by atoms with E-state index >= 15 is 0 Å². The summed E-state index contributed by atoms with van der Waals surface area (Å²) in [6, 6.07) is 4.24. The molecule has 3 rings (SSSR count). The van der Waals surface area contributed by atoms with E-state index in [1.807, 2.05) is 6.92 Å². The molecule has 21 heavy (non-hydrogen) atoms. The molecule has 3 aromatic rings. The lowest BCUT2D eigenvalue weighted by molar-refractivity contribution is 0.628. The highest BCUT2D eigenvalue weighted by atomic mass is 35.5. The second-order valence-corrected chi connectivity index (χ2v) is 6.24. The molecular weight excluding hydrogens is 311 g/mol. The molecule has 0 saturated carbocycles. The fraction of sp³-hybridized carbons (Fsp3) is 0.143. The van der Waals surface area contributed by atoms with Crippen LogP contribution in [0.3, 0.4) is 0 Å². The third kappa shape index (κ3) is 2.41. The number of aromatic nitrogens is 3. The van der Waals surface area contributed by atoms with Gasteiger partial charge in [-0.05, 0) is 25.1 Å². The van der Waals surface area contributed by atoms with Crippen LogP contribution >= 0.6 is 22.9 Å². The van der Waals surface area contributed by atoms with Gasteiger partial charge in [0.1, 0.15) is 17.3 Å². The summed E-state index contributed by atoms with van der Waals surface area (Å²) in [4.78, 5) is 5.14. The van der Waals surface area contributed by atoms with Crippen molar-refractivity contribution in [3.63, 3.8) is 0 Å². The lowest BCUT2D eigenvalue weighted by Gasteiger charge is -2.05. The third-order valence-corrected chi connectivity index (χ3v) is 4.38. The van der Waals surface area contributed by atoms with Crippen molar-refractivity contribution >= 4 is 28.8 Å². The fourth-order valence-electron chi connectivity index (χ4n) is 2.14. The molecule has 2 heterocycles. The molecule has 0 aliphatic rings. The van der Waals surface area contributed by atoms with Crippen LogP contribution in [0.5, 0.6) is 0 Å². The highest BCUT2D eigenvalue weighted by molar-refractivity contribution is 7.15. The van der Waals surface area contributed by atoms with Gasteiger partial charge in [-0.3, -0.25) is 4.68 Å². The molecule has 0 aliphatic heterocycles. The first-order chi connectivity index (χ1) is 9.97.